The van der Waals surface area contributed by atoms with Crippen LogP contribution in [-0.2, 0) is 4.74 Å². The topological polar surface area (TPSA) is 44.8 Å². The summed E-state index contributed by atoms with van der Waals surface area (Å²) in [6.45, 7) is 6.97. The summed E-state index contributed by atoms with van der Waals surface area (Å²) in [6, 6.07) is 8.30. The van der Waals surface area contributed by atoms with Crippen LogP contribution in [0.3, 0.4) is 0 Å². The first-order chi connectivity index (χ1) is 12.3. The summed E-state index contributed by atoms with van der Waals surface area (Å²) in [5.41, 5.74) is 0.761. The maximum absolute atomic E-state index is 12.5. The normalized spacial score (nSPS) is 29.5. The monoisotopic (exact) mass is 379 g/mol. The third kappa shape index (κ3) is 4.52. The Hall–Kier alpha value is -0.730. The second-order valence-electron chi connectivity index (χ2n) is 6.94. The van der Waals surface area contributed by atoms with Crippen LogP contribution in [0.5, 0.6) is 0 Å². The summed E-state index contributed by atoms with van der Waals surface area (Å²) in [6.07, 6.45) is 2.44. The highest BCUT2D eigenvalue weighted by atomic mass is 33.1. The van der Waals surface area contributed by atoms with Gasteiger partial charge in [0.25, 0.3) is 5.91 Å². The number of morpholine rings is 1. The first-order valence-electron chi connectivity index (χ1n) is 9.08. The third-order valence-corrected chi connectivity index (χ3v) is 7.85. The van der Waals surface area contributed by atoms with Crippen molar-refractivity contribution in [3.8, 4) is 0 Å². The minimum atomic E-state index is 0.0659. The molecule has 0 unspecified atom stereocenters. The fourth-order valence-corrected chi connectivity index (χ4v) is 5.85. The van der Waals surface area contributed by atoms with Crippen LogP contribution in [0.4, 0.5) is 0 Å². The van der Waals surface area contributed by atoms with Gasteiger partial charge in [-0.1, -0.05) is 0 Å². The van der Waals surface area contributed by atoms with Gasteiger partial charge in [-0.3, -0.25) is 4.79 Å². The quantitative estimate of drug-likeness (QED) is 0.626. The van der Waals surface area contributed by atoms with E-state index in [2.05, 4.69) is 14.5 Å². The van der Waals surface area contributed by atoms with Crippen LogP contribution in [0.2, 0.25) is 0 Å². The third-order valence-electron chi connectivity index (χ3n) is 5.30. The number of benzene rings is 1. The molecule has 4 aliphatic rings. The first-order valence-corrected chi connectivity index (χ1v) is 11.2. The lowest BCUT2D eigenvalue weighted by atomic mass is 9.84. The van der Waals surface area contributed by atoms with Crippen LogP contribution < -0.4 is 5.32 Å². The summed E-state index contributed by atoms with van der Waals surface area (Å²) in [5, 5.41) is 3.26. The molecule has 0 spiro atoms. The molecule has 1 N–H and O–H groups in total. The molecule has 0 radical (unpaired) electrons. The Morgan fingerprint density at radius 2 is 1.80 bits per heavy atom. The van der Waals surface area contributed by atoms with Crippen molar-refractivity contribution in [2.24, 2.45) is 5.92 Å². The highest BCUT2D eigenvalue weighted by Gasteiger charge is 2.34. The van der Waals surface area contributed by atoms with Crippen molar-refractivity contribution in [3.63, 3.8) is 0 Å². The van der Waals surface area contributed by atoms with Gasteiger partial charge in [0.1, 0.15) is 0 Å². The molecule has 136 valence electrons. The molecule has 4 heterocycles. The zero-order valence-corrected chi connectivity index (χ0v) is 16.0. The molecule has 7 heteroatoms. The second kappa shape index (κ2) is 8.31. The van der Waals surface area contributed by atoms with Gasteiger partial charge in [-0.05, 0) is 77.9 Å². The SMILES string of the molecule is O=C(N[C@H]1CN2CCC1CC2)c1ccc(SSN2CCOCC2)cc1. The molecule has 4 aliphatic heterocycles. The Balaban J connectivity index is 1.28. The van der Waals surface area contributed by atoms with Gasteiger partial charge in [-0.25, -0.2) is 4.31 Å². The molecule has 25 heavy (non-hydrogen) atoms. The molecule has 1 aromatic rings. The van der Waals surface area contributed by atoms with Crippen molar-refractivity contribution < 1.29 is 9.53 Å². The van der Waals surface area contributed by atoms with Crippen molar-refractivity contribution in [2.75, 3.05) is 45.9 Å². The number of hydrogen-bond donors (Lipinski definition) is 1. The number of rotatable bonds is 5. The molecule has 1 atom stereocenters. The zero-order chi connectivity index (χ0) is 17.1. The number of fused-ring (bicyclic) bond motifs is 3. The highest BCUT2D eigenvalue weighted by Crippen LogP contribution is 2.34. The van der Waals surface area contributed by atoms with Crippen LogP contribution in [0, 0.1) is 5.92 Å². The fourth-order valence-electron chi connectivity index (χ4n) is 3.76. The predicted octanol–water partition coefficient (Wildman–Crippen LogP) is 2.50. The molecule has 5 rings (SSSR count). The summed E-state index contributed by atoms with van der Waals surface area (Å²) < 4.78 is 7.68. The van der Waals surface area contributed by atoms with Gasteiger partial charge >= 0.3 is 0 Å². The molecular formula is C18H25N3O2S2. The number of ether oxygens (including phenoxy) is 1. The number of piperidine rings is 3. The van der Waals surface area contributed by atoms with E-state index in [-0.39, 0.29) is 5.91 Å². The van der Waals surface area contributed by atoms with E-state index >= 15 is 0 Å². The van der Waals surface area contributed by atoms with Crippen molar-refractivity contribution in [1.82, 2.24) is 14.5 Å². The predicted molar refractivity (Wildman–Crippen MR) is 103 cm³/mol. The largest absolute Gasteiger partial charge is 0.379 e. The molecule has 4 saturated heterocycles. The summed E-state index contributed by atoms with van der Waals surface area (Å²) in [4.78, 5) is 16.2. The number of amides is 1. The van der Waals surface area contributed by atoms with Crippen molar-refractivity contribution in [1.29, 1.82) is 0 Å². The summed E-state index contributed by atoms with van der Waals surface area (Å²) in [5.74, 6) is 0.727. The number of nitrogens with zero attached hydrogens (tertiary/aromatic N) is 2. The molecular weight excluding hydrogens is 354 g/mol. The maximum atomic E-state index is 12.5. The van der Waals surface area contributed by atoms with E-state index in [1.165, 1.54) is 30.8 Å². The molecule has 1 aromatic carbocycles. The van der Waals surface area contributed by atoms with E-state index in [4.69, 9.17) is 4.74 Å². The number of carbonyl (C=O) groups excluding carboxylic acids is 1. The summed E-state index contributed by atoms with van der Waals surface area (Å²) >= 11 is 0. The number of carbonyl (C=O) groups is 1. The van der Waals surface area contributed by atoms with E-state index < -0.39 is 0 Å². The Labute approximate surface area is 157 Å². The molecule has 4 fully saturated rings. The Morgan fingerprint density at radius 3 is 2.44 bits per heavy atom. The molecule has 1 amide bonds. The number of hydrogen-bond acceptors (Lipinski definition) is 6. The smallest absolute Gasteiger partial charge is 0.251 e. The van der Waals surface area contributed by atoms with Crippen LogP contribution in [-0.4, -0.2) is 67.1 Å². The van der Waals surface area contributed by atoms with Gasteiger partial charge in [0.2, 0.25) is 0 Å². The lowest BCUT2D eigenvalue weighted by molar-refractivity contribution is 0.0620. The van der Waals surface area contributed by atoms with Crippen LogP contribution >= 0.6 is 21.8 Å². The lowest BCUT2D eigenvalue weighted by Crippen LogP contribution is -2.57. The van der Waals surface area contributed by atoms with E-state index in [0.29, 0.717) is 12.0 Å². The van der Waals surface area contributed by atoms with E-state index in [1.54, 1.807) is 21.8 Å². The average molecular weight is 380 g/mol. The van der Waals surface area contributed by atoms with Crippen LogP contribution in [0.25, 0.3) is 0 Å². The Bertz CT molecular complexity index is 584. The van der Waals surface area contributed by atoms with Gasteiger partial charge in [-0.2, -0.15) is 0 Å². The minimum Gasteiger partial charge on any atom is -0.379 e. The zero-order valence-electron chi connectivity index (χ0n) is 14.4. The van der Waals surface area contributed by atoms with Gasteiger partial charge < -0.3 is 15.0 Å². The van der Waals surface area contributed by atoms with Crippen molar-refractivity contribution in [3.05, 3.63) is 29.8 Å². The molecule has 2 bridgehead atoms. The fraction of sp³-hybridized carbons (Fsp3) is 0.611. The molecule has 0 saturated carbocycles. The van der Waals surface area contributed by atoms with Crippen LogP contribution in [0.1, 0.15) is 23.2 Å². The van der Waals surface area contributed by atoms with Crippen molar-refractivity contribution >= 4 is 27.7 Å². The minimum absolute atomic E-state index is 0.0659. The highest BCUT2D eigenvalue weighted by molar-refractivity contribution is 8.75. The van der Waals surface area contributed by atoms with E-state index in [0.717, 1.165) is 38.4 Å². The molecule has 5 nitrogen and oxygen atoms in total. The molecule has 0 aromatic heterocycles. The number of nitrogens with one attached hydrogen (secondary N) is 1. The maximum Gasteiger partial charge on any atom is 0.251 e. The standard InChI is InChI=1S/C18H25N3O2S2/c22-18(19-17-13-20-7-5-14(17)6-8-20)15-1-3-16(4-2-15)24-25-21-9-11-23-12-10-21/h1-4,14,17H,5-13H2,(H,19,22)/t17-/m0/s1. The average Bonchev–Trinajstić information content (AvgIpc) is 2.68. The van der Waals surface area contributed by atoms with Crippen molar-refractivity contribution in [2.45, 2.75) is 23.8 Å². The van der Waals surface area contributed by atoms with Crippen LogP contribution in [0.15, 0.2) is 29.2 Å². The van der Waals surface area contributed by atoms with Gasteiger partial charge in [0.15, 0.2) is 0 Å². The van der Waals surface area contributed by atoms with Gasteiger partial charge in [0, 0.05) is 36.1 Å². The Morgan fingerprint density at radius 1 is 1.08 bits per heavy atom. The van der Waals surface area contributed by atoms with E-state index in [1.807, 2.05) is 24.3 Å². The van der Waals surface area contributed by atoms with E-state index in [9.17, 15) is 4.79 Å². The molecule has 0 aliphatic carbocycles. The first kappa shape index (κ1) is 17.7. The lowest BCUT2D eigenvalue weighted by Gasteiger charge is -2.44. The second-order valence-corrected chi connectivity index (χ2v) is 9.19. The van der Waals surface area contributed by atoms with Gasteiger partial charge in [-0.15, -0.1) is 0 Å². The Kier molecular flexibility index (Phi) is 5.87. The van der Waals surface area contributed by atoms with Gasteiger partial charge in [0.05, 0.1) is 13.2 Å². The summed E-state index contributed by atoms with van der Waals surface area (Å²) in [7, 11) is 3.51.